The second-order valence-corrected chi connectivity index (χ2v) is 12.0. The molecule has 2 aliphatic heterocycles. The number of amides is 1. The normalized spacial score (nSPS) is 14.3. The lowest BCUT2D eigenvalue weighted by molar-refractivity contribution is 0.102. The molecule has 6 rings (SSSR count). The minimum Gasteiger partial charge on any atom is -0.298 e. The molecule has 34 heavy (non-hydrogen) atoms. The zero-order valence-electron chi connectivity index (χ0n) is 17.9. The summed E-state index contributed by atoms with van der Waals surface area (Å²) >= 11 is 3.24. The molecule has 0 saturated carbocycles. The molecule has 9 heteroatoms. The molecule has 170 valence electrons. The van der Waals surface area contributed by atoms with Crippen LogP contribution in [0, 0.1) is 0 Å². The van der Waals surface area contributed by atoms with E-state index in [0.29, 0.717) is 23.7 Å². The van der Waals surface area contributed by atoms with Crippen LogP contribution in [0.3, 0.4) is 0 Å². The van der Waals surface area contributed by atoms with E-state index in [9.17, 15) is 13.2 Å². The summed E-state index contributed by atoms with van der Waals surface area (Å²) in [6.45, 7) is 0.417. The molecular weight excluding hydrogens is 486 g/mol. The van der Waals surface area contributed by atoms with Crippen LogP contribution in [-0.4, -0.2) is 25.9 Å². The molecule has 0 aliphatic carbocycles. The molecule has 0 bridgehead atoms. The lowest BCUT2D eigenvalue weighted by Crippen LogP contribution is -2.29. The number of anilines is 2. The smallest absolute Gasteiger partial charge is 0.264 e. The number of hydrogen-bond donors (Lipinski definition) is 1. The molecule has 0 unspecified atom stereocenters. The van der Waals surface area contributed by atoms with E-state index < -0.39 is 10.0 Å². The number of hydrogen-bond acceptors (Lipinski definition) is 6. The van der Waals surface area contributed by atoms with E-state index in [0.717, 1.165) is 33.1 Å². The zero-order chi connectivity index (χ0) is 23.3. The Hall–Kier alpha value is -3.14. The van der Waals surface area contributed by atoms with Gasteiger partial charge in [0.1, 0.15) is 0 Å². The number of carbonyl (C=O) groups excluding carboxylic acids is 1. The van der Waals surface area contributed by atoms with E-state index in [-0.39, 0.29) is 10.8 Å². The third kappa shape index (κ3) is 3.60. The van der Waals surface area contributed by atoms with Crippen LogP contribution in [-0.2, 0) is 22.2 Å². The predicted molar refractivity (Wildman–Crippen MR) is 136 cm³/mol. The fourth-order valence-electron chi connectivity index (χ4n) is 4.28. The summed E-state index contributed by atoms with van der Waals surface area (Å²) in [5.41, 5.74) is 4.13. The van der Waals surface area contributed by atoms with E-state index in [1.807, 2.05) is 42.5 Å². The number of thioether (sulfide) groups is 1. The van der Waals surface area contributed by atoms with Gasteiger partial charge in [-0.25, -0.2) is 13.4 Å². The van der Waals surface area contributed by atoms with Gasteiger partial charge in [-0.3, -0.25) is 14.4 Å². The van der Waals surface area contributed by atoms with Gasteiger partial charge in [0.25, 0.3) is 15.9 Å². The maximum atomic E-state index is 13.2. The highest BCUT2D eigenvalue weighted by atomic mass is 32.2. The van der Waals surface area contributed by atoms with Crippen LogP contribution < -0.4 is 9.62 Å². The van der Waals surface area contributed by atoms with Crippen molar-refractivity contribution in [3.05, 3.63) is 88.8 Å². The fraction of sp³-hybridized carbons (Fsp3) is 0.120. The topological polar surface area (TPSA) is 79.4 Å². The number of carbonyl (C=O) groups is 1. The van der Waals surface area contributed by atoms with Gasteiger partial charge < -0.3 is 0 Å². The molecule has 1 N–H and O–H groups in total. The van der Waals surface area contributed by atoms with Gasteiger partial charge in [0, 0.05) is 33.2 Å². The Morgan fingerprint density at radius 3 is 2.59 bits per heavy atom. The third-order valence-corrected chi connectivity index (χ3v) is 10.0. The summed E-state index contributed by atoms with van der Waals surface area (Å²) in [5.74, 6) is 0.508. The largest absolute Gasteiger partial charge is 0.298 e. The lowest BCUT2D eigenvalue weighted by atomic mass is 10.1. The Morgan fingerprint density at radius 2 is 1.74 bits per heavy atom. The Balaban J connectivity index is 1.21. The SMILES string of the molecule is O=C(Nc1nc2c(s1)CSc1ccccc1-2)c1ccc(S(=O)(=O)N2CCc3ccccc32)cc1. The van der Waals surface area contributed by atoms with Gasteiger partial charge in [-0.15, -0.1) is 23.1 Å². The van der Waals surface area contributed by atoms with Gasteiger partial charge in [0.05, 0.1) is 16.3 Å². The third-order valence-electron chi connectivity index (χ3n) is 5.97. The van der Waals surface area contributed by atoms with E-state index in [2.05, 4.69) is 16.4 Å². The van der Waals surface area contributed by atoms with Crippen molar-refractivity contribution >= 4 is 49.8 Å². The van der Waals surface area contributed by atoms with Crippen molar-refractivity contribution < 1.29 is 13.2 Å². The van der Waals surface area contributed by atoms with Crippen LogP contribution in [0.5, 0.6) is 0 Å². The first-order valence-electron chi connectivity index (χ1n) is 10.7. The zero-order valence-corrected chi connectivity index (χ0v) is 20.3. The van der Waals surface area contributed by atoms with Crippen LogP contribution >= 0.6 is 23.1 Å². The average Bonchev–Trinajstić information content (AvgIpc) is 3.48. The molecule has 0 radical (unpaired) electrons. The summed E-state index contributed by atoms with van der Waals surface area (Å²) in [7, 11) is -3.69. The molecule has 0 spiro atoms. The molecule has 3 aromatic carbocycles. The van der Waals surface area contributed by atoms with Crippen molar-refractivity contribution in [2.45, 2.75) is 22.0 Å². The van der Waals surface area contributed by atoms with E-state index in [1.54, 1.807) is 23.9 Å². The van der Waals surface area contributed by atoms with Gasteiger partial charge >= 0.3 is 0 Å². The van der Waals surface area contributed by atoms with Gasteiger partial charge in [-0.1, -0.05) is 36.4 Å². The highest BCUT2D eigenvalue weighted by Gasteiger charge is 2.30. The summed E-state index contributed by atoms with van der Waals surface area (Å²) < 4.78 is 27.8. The molecule has 0 fully saturated rings. The molecule has 1 aromatic heterocycles. The van der Waals surface area contributed by atoms with Crippen molar-refractivity contribution in [3.63, 3.8) is 0 Å². The van der Waals surface area contributed by atoms with Gasteiger partial charge in [0.2, 0.25) is 0 Å². The van der Waals surface area contributed by atoms with Crippen LogP contribution in [0.15, 0.2) is 82.6 Å². The minimum atomic E-state index is -3.69. The van der Waals surface area contributed by atoms with Crippen LogP contribution in [0.1, 0.15) is 20.8 Å². The lowest BCUT2D eigenvalue weighted by Gasteiger charge is -2.19. The van der Waals surface area contributed by atoms with Gasteiger partial charge in [-0.2, -0.15) is 0 Å². The molecule has 0 saturated heterocycles. The van der Waals surface area contributed by atoms with Gasteiger partial charge in [-0.05, 0) is 48.4 Å². The molecular formula is C25H19N3O3S3. The van der Waals surface area contributed by atoms with Gasteiger partial charge in [0.15, 0.2) is 5.13 Å². The fourth-order valence-corrected chi connectivity index (χ4v) is 7.88. The molecule has 1 amide bonds. The number of sulfonamides is 1. The number of thiazole rings is 1. The van der Waals surface area contributed by atoms with Crippen molar-refractivity contribution in [3.8, 4) is 11.3 Å². The van der Waals surface area contributed by atoms with Crippen LogP contribution in [0.2, 0.25) is 0 Å². The minimum absolute atomic E-state index is 0.166. The molecule has 3 heterocycles. The maximum absolute atomic E-state index is 13.2. The number of rotatable bonds is 4. The molecule has 2 aliphatic rings. The monoisotopic (exact) mass is 505 g/mol. The number of para-hydroxylation sites is 1. The summed E-state index contributed by atoms with van der Waals surface area (Å²) in [6.07, 6.45) is 0.691. The molecule has 6 nitrogen and oxygen atoms in total. The second kappa shape index (κ2) is 8.26. The predicted octanol–water partition coefficient (Wildman–Crippen LogP) is 5.42. The quantitative estimate of drug-likeness (QED) is 0.401. The van der Waals surface area contributed by atoms with Crippen molar-refractivity contribution in [1.29, 1.82) is 0 Å². The van der Waals surface area contributed by atoms with E-state index in [4.69, 9.17) is 0 Å². The van der Waals surface area contributed by atoms with Crippen molar-refractivity contribution in [2.24, 2.45) is 0 Å². The number of nitrogens with one attached hydrogen (secondary N) is 1. The number of aromatic nitrogens is 1. The Bertz CT molecular complexity index is 1530. The second-order valence-electron chi connectivity index (χ2n) is 8.01. The first-order chi connectivity index (χ1) is 16.5. The average molecular weight is 506 g/mol. The standard InChI is InChI=1S/C25H19N3O3S3/c29-24(27-25-26-23-19-6-2-4-8-21(19)32-15-22(23)33-25)17-9-11-18(12-10-17)34(30,31)28-14-13-16-5-1-3-7-20(16)28/h1-12H,13-15H2,(H,26,27,29). The van der Waals surface area contributed by atoms with Crippen molar-refractivity contribution in [2.75, 3.05) is 16.2 Å². The summed E-state index contributed by atoms with van der Waals surface area (Å²) in [4.78, 5) is 20.0. The van der Waals surface area contributed by atoms with E-state index >= 15 is 0 Å². The highest BCUT2D eigenvalue weighted by molar-refractivity contribution is 7.98. The number of benzene rings is 3. The number of fused-ring (bicyclic) bond motifs is 4. The van der Waals surface area contributed by atoms with Crippen molar-refractivity contribution in [1.82, 2.24) is 4.98 Å². The van der Waals surface area contributed by atoms with Crippen LogP contribution in [0.25, 0.3) is 11.3 Å². The van der Waals surface area contributed by atoms with Crippen LogP contribution in [0.4, 0.5) is 10.8 Å². The maximum Gasteiger partial charge on any atom is 0.264 e. The Kier molecular flexibility index (Phi) is 5.20. The summed E-state index contributed by atoms with van der Waals surface area (Å²) in [5, 5.41) is 3.41. The molecule has 0 atom stereocenters. The first-order valence-corrected chi connectivity index (χ1v) is 14.0. The molecule has 4 aromatic rings. The highest BCUT2D eigenvalue weighted by Crippen LogP contribution is 2.44. The number of nitrogens with zero attached hydrogens (tertiary/aromatic N) is 2. The Morgan fingerprint density at radius 1 is 0.971 bits per heavy atom. The van der Waals surface area contributed by atoms with E-state index in [1.165, 1.54) is 32.7 Å². The summed E-state index contributed by atoms with van der Waals surface area (Å²) in [6, 6.07) is 21.7. The first kappa shape index (κ1) is 21.4. The Labute approximate surface area is 205 Å².